The number of anilines is 1. The minimum Gasteiger partial charge on any atom is -0.497 e. The average molecular weight is 230 g/mol. The standard InChI is InChI=1S/C13H14N2O2/c1-15-12(7-10(14)8-13(15)16)9-3-5-11(17-2)6-4-9/h3-8H,14H2,1-2H3. The van der Waals surface area contributed by atoms with Gasteiger partial charge >= 0.3 is 0 Å². The Kier molecular flexibility index (Phi) is 2.87. The van der Waals surface area contributed by atoms with Crippen molar-refractivity contribution in [3.8, 4) is 17.0 Å². The van der Waals surface area contributed by atoms with Gasteiger partial charge in [0.05, 0.1) is 12.8 Å². The summed E-state index contributed by atoms with van der Waals surface area (Å²) in [7, 11) is 3.34. The number of hydrogen-bond donors (Lipinski definition) is 1. The molecule has 88 valence electrons. The third-order valence-corrected chi connectivity index (χ3v) is 2.67. The van der Waals surface area contributed by atoms with Gasteiger partial charge in [0, 0.05) is 18.8 Å². The minimum absolute atomic E-state index is 0.115. The number of rotatable bonds is 2. The maximum atomic E-state index is 11.6. The molecule has 1 aromatic heterocycles. The fraction of sp³-hybridized carbons (Fsp3) is 0.154. The lowest BCUT2D eigenvalue weighted by molar-refractivity contribution is 0.415. The molecule has 4 nitrogen and oxygen atoms in total. The molecule has 1 heterocycles. The van der Waals surface area contributed by atoms with Gasteiger partial charge in [-0.3, -0.25) is 4.79 Å². The summed E-state index contributed by atoms with van der Waals surface area (Å²) in [6.45, 7) is 0. The number of nitrogen functional groups attached to an aromatic ring is 1. The molecule has 0 unspecified atom stereocenters. The molecule has 0 atom stereocenters. The van der Waals surface area contributed by atoms with Gasteiger partial charge in [0.2, 0.25) is 0 Å². The monoisotopic (exact) mass is 230 g/mol. The molecular formula is C13H14N2O2. The third kappa shape index (κ3) is 2.15. The van der Waals surface area contributed by atoms with Crippen LogP contribution >= 0.6 is 0 Å². The van der Waals surface area contributed by atoms with E-state index < -0.39 is 0 Å². The first-order chi connectivity index (χ1) is 8.11. The van der Waals surface area contributed by atoms with Crippen molar-refractivity contribution in [3.63, 3.8) is 0 Å². The van der Waals surface area contributed by atoms with E-state index in [-0.39, 0.29) is 5.56 Å². The Morgan fingerprint density at radius 3 is 2.41 bits per heavy atom. The lowest BCUT2D eigenvalue weighted by Crippen LogP contribution is -2.18. The first-order valence-corrected chi connectivity index (χ1v) is 5.23. The molecule has 2 aromatic rings. The number of aromatic nitrogens is 1. The van der Waals surface area contributed by atoms with Crippen LogP contribution in [0.1, 0.15) is 0 Å². The number of benzene rings is 1. The van der Waals surface area contributed by atoms with Crippen LogP contribution in [0.25, 0.3) is 11.3 Å². The largest absolute Gasteiger partial charge is 0.497 e. The van der Waals surface area contributed by atoms with E-state index in [2.05, 4.69) is 0 Å². The van der Waals surface area contributed by atoms with Gasteiger partial charge in [-0.2, -0.15) is 0 Å². The van der Waals surface area contributed by atoms with Crippen molar-refractivity contribution in [2.24, 2.45) is 7.05 Å². The predicted octanol–water partition coefficient (Wildman–Crippen LogP) is 1.64. The van der Waals surface area contributed by atoms with Crippen molar-refractivity contribution >= 4 is 5.69 Å². The molecule has 0 bridgehead atoms. The SMILES string of the molecule is COc1ccc(-c2cc(N)cc(=O)n2C)cc1. The topological polar surface area (TPSA) is 57.2 Å². The van der Waals surface area contributed by atoms with Crippen molar-refractivity contribution in [2.45, 2.75) is 0 Å². The van der Waals surface area contributed by atoms with Crippen LogP contribution in [-0.4, -0.2) is 11.7 Å². The van der Waals surface area contributed by atoms with Crippen LogP contribution in [0.4, 0.5) is 5.69 Å². The van der Waals surface area contributed by atoms with Crippen molar-refractivity contribution in [3.05, 3.63) is 46.8 Å². The second-order valence-corrected chi connectivity index (χ2v) is 3.80. The fourth-order valence-electron chi connectivity index (χ4n) is 1.69. The van der Waals surface area contributed by atoms with Crippen LogP contribution in [0.3, 0.4) is 0 Å². The van der Waals surface area contributed by atoms with E-state index in [4.69, 9.17) is 10.5 Å². The van der Waals surface area contributed by atoms with Gasteiger partial charge in [-0.25, -0.2) is 0 Å². The van der Waals surface area contributed by atoms with Crippen LogP contribution in [-0.2, 0) is 7.05 Å². The maximum absolute atomic E-state index is 11.6. The molecule has 0 fully saturated rings. The zero-order valence-corrected chi connectivity index (χ0v) is 9.81. The summed E-state index contributed by atoms with van der Waals surface area (Å²) in [6.07, 6.45) is 0. The highest BCUT2D eigenvalue weighted by Crippen LogP contribution is 2.22. The second-order valence-electron chi connectivity index (χ2n) is 3.80. The number of hydrogen-bond acceptors (Lipinski definition) is 3. The third-order valence-electron chi connectivity index (χ3n) is 2.67. The Balaban J connectivity index is 2.56. The van der Waals surface area contributed by atoms with Gasteiger partial charge in [0.1, 0.15) is 5.75 Å². The van der Waals surface area contributed by atoms with Gasteiger partial charge in [0.15, 0.2) is 0 Å². The molecule has 2 N–H and O–H groups in total. The van der Waals surface area contributed by atoms with E-state index in [9.17, 15) is 4.79 Å². The van der Waals surface area contributed by atoms with Gasteiger partial charge < -0.3 is 15.0 Å². The zero-order chi connectivity index (χ0) is 12.4. The first kappa shape index (κ1) is 11.3. The number of nitrogens with two attached hydrogens (primary N) is 1. The summed E-state index contributed by atoms with van der Waals surface area (Å²) in [4.78, 5) is 11.6. The van der Waals surface area contributed by atoms with Gasteiger partial charge in [-0.1, -0.05) is 0 Å². The number of methoxy groups -OCH3 is 1. The molecule has 0 radical (unpaired) electrons. The lowest BCUT2D eigenvalue weighted by Gasteiger charge is -2.09. The Hall–Kier alpha value is -2.23. The Labute approximate surface area is 99.3 Å². The van der Waals surface area contributed by atoms with Gasteiger partial charge in [-0.15, -0.1) is 0 Å². The summed E-state index contributed by atoms with van der Waals surface area (Å²) < 4.78 is 6.66. The molecule has 2 rings (SSSR count). The van der Waals surface area contributed by atoms with Crippen molar-refractivity contribution in [1.82, 2.24) is 4.57 Å². The number of nitrogens with zero attached hydrogens (tertiary/aromatic N) is 1. The molecule has 1 aromatic carbocycles. The molecule has 17 heavy (non-hydrogen) atoms. The van der Waals surface area contributed by atoms with Crippen molar-refractivity contribution in [1.29, 1.82) is 0 Å². The number of ether oxygens (including phenoxy) is 1. The molecule has 0 amide bonds. The van der Waals surface area contributed by atoms with Gasteiger partial charge in [0.25, 0.3) is 5.56 Å². The first-order valence-electron chi connectivity index (χ1n) is 5.23. The molecule has 0 aliphatic heterocycles. The summed E-state index contributed by atoms with van der Waals surface area (Å²) in [5, 5.41) is 0. The summed E-state index contributed by atoms with van der Waals surface area (Å²) in [5.74, 6) is 0.780. The number of pyridine rings is 1. The Bertz CT molecular complexity index is 585. The molecule has 0 aliphatic rings. The Morgan fingerprint density at radius 2 is 1.82 bits per heavy atom. The summed E-state index contributed by atoms with van der Waals surface area (Å²) in [6, 6.07) is 10.7. The zero-order valence-electron chi connectivity index (χ0n) is 9.81. The van der Waals surface area contributed by atoms with E-state index in [1.54, 1.807) is 24.8 Å². The Morgan fingerprint density at radius 1 is 1.18 bits per heavy atom. The maximum Gasteiger partial charge on any atom is 0.252 e. The van der Waals surface area contributed by atoms with Crippen molar-refractivity contribution < 1.29 is 4.74 Å². The normalized spacial score (nSPS) is 10.2. The molecule has 0 saturated carbocycles. The molecule has 4 heteroatoms. The van der Waals surface area contributed by atoms with Crippen LogP contribution in [0, 0.1) is 0 Å². The average Bonchev–Trinajstić information content (AvgIpc) is 2.34. The van der Waals surface area contributed by atoms with Crippen LogP contribution in [0.15, 0.2) is 41.2 Å². The van der Waals surface area contributed by atoms with E-state index in [1.165, 1.54) is 6.07 Å². The summed E-state index contributed by atoms with van der Waals surface area (Å²) in [5.41, 5.74) is 7.76. The van der Waals surface area contributed by atoms with Crippen LogP contribution in [0.2, 0.25) is 0 Å². The summed E-state index contributed by atoms with van der Waals surface area (Å²) >= 11 is 0. The highest BCUT2D eigenvalue weighted by atomic mass is 16.5. The van der Waals surface area contributed by atoms with Gasteiger partial charge in [-0.05, 0) is 35.9 Å². The quantitative estimate of drug-likeness (QED) is 0.853. The smallest absolute Gasteiger partial charge is 0.252 e. The minimum atomic E-state index is -0.115. The van der Waals surface area contributed by atoms with E-state index in [0.29, 0.717) is 5.69 Å². The van der Waals surface area contributed by atoms with E-state index in [0.717, 1.165) is 17.0 Å². The van der Waals surface area contributed by atoms with Crippen molar-refractivity contribution in [2.75, 3.05) is 12.8 Å². The van der Waals surface area contributed by atoms with E-state index >= 15 is 0 Å². The highest BCUT2D eigenvalue weighted by molar-refractivity contribution is 5.64. The van der Waals surface area contributed by atoms with E-state index in [1.807, 2.05) is 24.3 Å². The lowest BCUT2D eigenvalue weighted by atomic mass is 10.1. The van der Waals surface area contributed by atoms with Crippen LogP contribution in [0.5, 0.6) is 5.75 Å². The molecule has 0 saturated heterocycles. The van der Waals surface area contributed by atoms with Crippen LogP contribution < -0.4 is 16.0 Å². The predicted molar refractivity (Wildman–Crippen MR) is 68.1 cm³/mol. The molecule has 0 aliphatic carbocycles. The highest BCUT2D eigenvalue weighted by Gasteiger charge is 2.04. The fourth-order valence-corrected chi connectivity index (χ4v) is 1.69. The molecular weight excluding hydrogens is 216 g/mol. The second kappa shape index (κ2) is 4.33. The molecule has 0 spiro atoms.